The van der Waals surface area contributed by atoms with Crippen LogP contribution in [0.2, 0.25) is 0 Å². The highest BCUT2D eigenvalue weighted by molar-refractivity contribution is 5.88. The van der Waals surface area contributed by atoms with Crippen LogP contribution in [0.3, 0.4) is 0 Å². The zero-order chi connectivity index (χ0) is 12.6. The number of primary amides is 1. The molecule has 0 atom stereocenters. The maximum absolute atomic E-state index is 11.0. The van der Waals surface area contributed by atoms with Gasteiger partial charge < -0.3 is 10.7 Å². The molecule has 0 radical (unpaired) electrons. The number of nitrogens with two attached hydrogens (primary N) is 1. The van der Waals surface area contributed by atoms with Gasteiger partial charge in [0.2, 0.25) is 5.91 Å². The van der Waals surface area contributed by atoms with Gasteiger partial charge in [-0.3, -0.25) is 4.79 Å². The van der Waals surface area contributed by atoms with E-state index in [-0.39, 0.29) is 17.7 Å². The van der Waals surface area contributed by atoms with Crippen LogP contribution in [-0.4, -0.2) is 10.9 Å². The largest absolute Gasteiger partial charge is 0.369 e. The molecule has 90 valence electrons. The van der Waals surface area contributed by atoms with Crippen molar-refractivity contribution in [1.82, 2.24) is 4.98 Å². The first-order chi connectivity index (χ1) is 7.88. The van der Waals surface area contributed by atoms with E-state index >= 15 is 0 Å². The van der Waals surface area contributed by atoms with Crippen molar-refractivity contribution in [3.05, 3.63) is 35.5 Å². The molecule has 0 aliphatic rings. The predicted molar refractivity (Wildman–Crippen MR) is 69.9 cm³/mol. The number of hydrogen-bond donors (Lipinski definition) is 2. The number of benzene rings is 1. The highest BCUT2D eigenvalue weighted by Crippen LogP contribution is 2.27. The molecular weight excluding hydrogens is 212 g/mol. The fraction of sp³-hybridized carbons (Fsp3) is 0.357. The van der Waals surface area contributed by atoms with Crippen LogP contribution in [-0.2, 0) is 16.6 Å². The topological polar surface area (TPSA) is 58.9 Å². The summed E-state index contributed by atoms with van der Waals surface area (Å²) in [6.45, 7) is 6.53. The smallest absolute Gasteiger partial charge is 0.221 e. The minimum absolute atomic E-state index is 0.107. The van der Waals surface area contributed by atoms with Crippen molar-refractivity contribution in [3.63, 3.8) is 0 Å². The first kappa shape index (κ1) is 11.7. The summed E-state index contributed by atoms with van der Waals surface area (Å²) in [6, 6.07) is 6.32. The van der Waals surface area contributed by atoms with Crippen molar-refractivity contribution in [1.29, 1.82) is 0 Å². The van der Waals surface area contributed by atoms with Crippen LogP contribution < -0.4 is 5.73 Å². The Balaban J connectivity index is 2.54. The van der Waals surface area contributed by atoms with Crippen molar-refractivity contribution in [3.8, 4) is 0 Å². The van der Waals surface area contributed by atoms with Gasteiger partial charge in [-0.1, -0.05) is 26.8 Å². The van der Waals surface area contributed by atoms with E-state index in [1.807, 2.05) is 6.20 Å². The maximum Gasteiger partial charge on any atom is 0.221 e. The van der Waals surface area contributed by atoms with Crippen LogP contribution in [0.15, 0.2) is 24.4 Å². The summed E-state index contributed by atoms with van der Waals surface area (Å²) < 4.78 is 0. The number of aromatic amines is 1. The molecule has 2 rings (SSSR count). The van der Waals surface area contributed by atoms with Crippen LogP contribution in [0.4, 0.5) is 0 Å². The molecule has 0 bridgehead atoms. The number of rotatable bonds is 2. The molecule has 0 spiro atoms. The summed E-state index contributed by atoms with van der Waals surface area (Å²) in [6.07, 6.45) is 2.15. The quantitative estimate of drug-likeness (QED) is 0.818. The lowest BCUT2D eigenvalue weighted by Crippen LogP contribution is -2.13. The number of fused-ring (bicyclic) bond motifs is 1. The molecule has 2 aromatic rings. The summed E-state index contributed by atoms with van der Waals surface area (Å²) in [5.41, 5.74) is 8.63. The third-order valence-corrected chi connectivity index (χ3v) is 3.00. The number of amides is 1. The summed E-state index contributed by atoms with van der Waals surface area (Å²) in [7, 11) is 0. The van der Waals surface area contributed by atoms with Gasteiger partial charge >= 0.3 is 0 Å². The van der Waals surface area contributed by atoms with E-state index in [1.54, 1.807) is 0 Å². The van der Waals surface area contributed by atoms with Gasteiger partial charge in [0.25, 0.3) is 0 Å². The van der Waals surface area contributed by atoms with E-state index < -0.39 is 0 Å². The highest BCUT2D eigenvalue weighted by Gasteiger charge is 2.15. The van der Waals surface area contributed by atoms with E-state index in [0.717, 1.165) is 16.5 Å². The number of nitrogens with one attached hydrogen (secondary N) is 1. The molecule has 0 saturated carbocycles. The Hall–Kier alpha value is -1.77. The molecule has 3 nitrogen and oxygen atoms in total. The van der Waals surface area contributed by atoms with Gasteiger partial charge in [-0.25, -0.2) is 0 Å². The van der Waals surface area contributed by atoms with Gasteiger partial charge in [-0.2, -0.15) is 0 Å². The number of aromatic nitrogens is 1. The summed E-state index contributed by atoms with van der Waals surface area (Å²) in [5, 5.41) is 1.09. The average molecular weight is 230 g/mol. The lowest BCUT2D eigenvalue weighted by molar-refractivity contribution is -0.117. The van der Waals surface area contributed by atoms with E-state index in [4.69, 9.17) is 5.73 Å². The molecule has 0 aliphatic heterocycles. The van der Waals surface area contributed by atoms with Gasteiger partial charge in [0.1, 0.15) is 0 Å². The van der Waals surface area contributed by atoms with E-state index in [2.05, 4.69) is 44.0 Å². The number of H-pyrrole nitrogens is 1. The Labute approximate surface area is 101 Å². The Morgan fingerprint density at radius 2 is 2.06 bits per heavy atom. The van der Waals surface area contributed by atoms with Gasteiger partial charge in [0.15, 0.2) is 0 Å². The monoisotopic (exact) mass is 230 g/mol. The second-order valence-corrected chi connectivity index (χ2v) is 5.47. The number of carbonyl (C=O) groups excluding carboxylic acids is 1. The lowest BCUT2D eigenvalue weighted by atomic mass is 9.86. The fourth-order valence-corrected chi connectivity index (χ4v) is 1.98. The highest BCUT2D eigenvalue weighted by atomic mass is 16.1. The fourth-order valence-electron chi connectivity index (χ4n) is 1.98. The van der Waals surface area contributed by atoms with Crippen molar-refractivity contribution in [2.75, 3.05) is 0 Å². The molecule has 1 amide bonds. The van der Waals surface area contributed by atoms with Gasteiger partial charge in [-0.15, -0.1) is 0 Å². The van der Waals surface area contributed by atoms with E-state index in [0.29, 0.717) is 0 Å². The standard InChI is InChI=1S/C14H18N2O/c1-14(2,3)10-4-5-12-11(7-10)9(8-16-12)6-13(15)17/h4-5,7-8,16H,6H2,1-3H3,(H2,15,17). The number of hydrogen-bond acceptors (Lipinski definition) is 1. The van der Waals surface area contributed by atoms with Crippen LogP contribution in [0.5, 0.6) is 0 Å². The molecular formula is C14H18N2O. The summed E-state index contributed by atoms with van der Waals surface area (Å²) in [4.78, 5) is 14.2. The van der Waals surface area contributed by atoms with Crippen LogP contribution in [0.1, 0.15) is 31.9 Å². The minimum atomic E-state index is -0.299. The molecule has 1 heterocycles. The molecule has 3 N–H and O–H groups in total. The first-order valence-electron chi connectivity index (χ1n) is 5.77. The third-order valence-electron chi connectivity index (χ3n) is 3.00. The van der Waals surface area contributed by atoms with Crippen LogP contribution in [0.25, 0.3) is 10.9 Å². The SMILES string of the molecule is CC(C)(C)c1ccc2[nH]cc(CC(N)=O)c2c1. The van der Waals surface area contributed by atoms with Gasteiger partial charge in [0, 0.05) is 17.1 Å². The molecule has 0 unspecified atom stereocenters. The summed E-state index contributed by atoms with van der Waals surface area (Å²) in [5.74, 6) is -0.299. The number of carbonyl (C=O) groups is 1. The second kappa shape index (κ2) is 3.91. The van der Waals surface area contributed by atoms with Crippen LogP contribution >= 0.6 is 0 Å². The molecule has 1 aromatic heterocycles. The Morgan fingerprint density at radius 3 is 2.65 bits per heavy atom. The molecule has 17 heavy (non-hydrogen) atoms. The van der Waals surface area contributed by atoms with Gasteiger partial charge in [-0.05, 0) is 28.7 Å². The second-order valence-electron chi connectivity index (χ2n) is 5.47. The lowest BCUT2D eigenvalue weighted by Gasteiger charge is -2.19. The van der Waals surface area contributed by atoms with E-state index in [9.17, 15) is 4.79 Å². The van der Waals surface area contributed by atoms with Crippen LogP contribution in [0, 0.1) is 0 Å². The van der Waals surface area contributed by atoms with E-state index in [1.165, 1.54) is 5.56 Å². The average Bonchev–Trinajstić information content (AvgIpc) is 2.59. The predicted octanol–water partition coefficient (Wildman–Crippen LogP) is 2.49. The molecule has 3 heteroatoms. The molecule has 0 saturated heterocycles. The Kier molecular flexibility index (Phi) is 2.69. The molecule has 0 fully saturated rings. The first-order valence-corrected chi connectivity index (χ1v) is 5.77. The van der Waals surface area contributed by atoms with Gasteiger partial charge in [0.05, 0.1) is 6.42 Å². The van der Waals surface area contributed by atoms with Crippen molar-refractivity contribution in [2.24, 2.45) is 5.73 Å². The normalized spacial score (nSPS) is 11.9. The zero-order valence-electron chi connectivity index (χ0n) is 10.5. The Morgan fingerprint density at radius 1 is 1.35 bits per heavy atom. The van der Waals surface area contributed by atoms with Crippen molar-refractivity contribution in [2.45, 2.75) is 32.6 Å². The maximum atomic E-state index is 11.0. The molecule has 1 aromatic carbocycles. The third kappa shape index (κ3) is 2.33. The Bertz CT molecular complexity index is 561. The van der Waals surface area contributed by atoms with Crippen molar-refractivity contribution >= 4 is 16.8 Å². The molecule has 0 aliphatic carbocycles. The van der Waals surface area contributed by atoms with Crippen molar-refractivity contribution < 1.29 is 4.79 Å². The summed E-state index contributed by atoms with van der Waals surface area (Å²) >= 11 is 0. The minimum Gasteiger partial charge on any atom is -0.369 e. The zero-order valence-corrected chi connectivity index (χ0v) is 10.5.